The number of hydrogen-bond donors (Lipinski definition) is 1. The molecule has 0 aliphatic carbocycles. The smallest absolute Gasteiger partial charge is 0.189 e. The van der Waals surface area contributed by atoms with Crippen molar-refractivity contribution in [1.29, 1.82) is 0 Å². The molecule has 0 aliphatic heterocycles. The van der Waals surface area contributed by atoms with Crippen LogP contribution in [0.25, 0.3) is 61.7 Å². The lowest BCUT2D eigenvalue weighted by Gasteiger charge is -2.13. The molecule has 0 aliphatic rings. The summed E-state index contributed by atoms with van der Waals surface area (Å²) in [5, 5.41) is 10.2. The van der Waals surface area contributed by atoms with Gasteiger partial charge in [0.25, 0.3) is 0 Å². The molecule has 0 saturated carbocycles. The third-order valence-electron chi connectivity index (χ3n) is 7.11. The van der Waals surface area contributed by atoms with Crippen molar-refractivity contribution in [2.24, 2.45) is 12.8 Å². The van der Waals surface area contributed by atoms with E-state index in [0.29, 0.717) is 12.4 Å². The maximum Gasteiger partial charge on any atom is 0.189 e. The summed E-state index contributed by atoms with van der Waals surface area (Å²) >= 11 is 0. The molecule has 2 N–H and O–H groups in total. The van der Waals surface area contributed by atoms with Crippen LogP contribution in [-0.2, 0) is 13.6 Å². The number of aromatic nitrogens is 6. The van der Waals surface area contributed by atoms with Gasteiger partial charge < -0.3 is 10.3 Å². The van der Waals surface area contributed by atoms with E-state index in [0.717, 1.165) is 61.4 Å². The third kappa shape index (κ3) is 3.88. The molecule has 0 bridgehead atoms. The molecular weight excluding hydrogens is 482 g/mol. The van der Waals surface area contributed by atoms with Crippen LogP contribution in [0.5, 0.6) is 0 Å². The van der Waals surface area contributed by atoms with Crippen molar-refractivity contribution in [2.75, 3.05) is 0 Å². The zero-order chi connectivity index (χ0) is 26.3. The highest BCUT2D eigenvalue weighted by Crippen LogP contribution is 2.36. The largest absolute Gasteiger partial charge is 0.333 e. The second-order valence-corrected chi connectivity index (χ2v) is 9.54. The molecule has 4 aromatic heterocycles. The van der Waals surface area contributed by atoms with E-state index in [1.54, 1.807) is 0 Å². The van der Waals surface area contributed by atoms with Gasteiger partial charge in [-0.1, -0.05) is 84.9 Å². The highest BCUT2D eigenvalue weighted by Gasteiger charge is 2.21. The molecule has 0 radical (unpaired) electrons. The Balaban J connectivity index is 1.45. The molecule has 7 aromatic rings. The fourth-order valence-electron chi connectivity index (χ4n) is 5.14. The normalized spacial score (nSPS) is 11.4. The van der Waals surface area contributed by atoms with Crippen LogP contribution in [-0.4, -0.2) is 29.1 Å². The highest BCUT2D eigenvalue weighted by atomic mass is 15.3. The lowest BCUT2D eigenvalue weighted by Crippen LogP contribution is -1.98. The first-order chi connectivity index (χ1) is 19.2. The fourth-order valence-corrected chi connectivity index (χ4v) is 5.14. The zero-order valence-corrected chi connectivity index (χ0v) is 21.4. The number of imidazole rings is 1. The van der Waals surface area contributed by atoms with E-state index in [9.17, 15) is 0 Å². The van der Waals surface area contributed by atoms with Gasteiger partial charge in [-0.05, 0) is 23.3 Å². The minimum Gasteiger partial charge on any atom is -0.333 e. The van der Waals surface area contributed by atoms with Gasteiger partial charge in [-0.2, -0.15) is 0 Å². The van der Waals surface area contributed by atoms with Crippen LogP contribution in [0.1, 0.15) is 5.56 Å². The Morgan fingerprint density at radius 3 is 2.18 bits per heavy atom. The minimum atomic E-state index is 0.506. The number of benzene rings is 3. The number of pyridine rings is 2. The fraction of sp³-hybridized carbons (Fsp3) is 0.0625. The van der Waals surface area contributed by atoms with Gasteiger partial charge in [-0.15, -0.1) is 10.2 Å². The van der Waals surface area contributed by atoms with Gasteiger partial charge in [0, 0.05) is 41.9 Å². The molecule has 7 heteroatoms. The molecular formula is C32H25N7. The van der Waals surface area contributed by atoms with Crippen LogP contribution in [0.2, 0.25) is 0 Å². The van der Waals surface area contributed by atoms with Crippen LogP contribution in [0.4, 0.5) is 0 Å². The summed E-state index contributed by atoms with van der Waals surface area (Å²) in [4.78, 5) is 9.86. The summed E-state index contributed by atoms with van der Waals surface area (Å²) < 4.78 is 4.02. The second kappa shape index (κ2) is 9.31. The van der Waals surface area contributed by atoms with Crippen molar-refractivity contribution in [3.05, 3.63) is 115 Å². The predicted molar refractivity (Wildman–Crippen MR) is 155 cm³/mol. The van der Waals surface area contributed by atoms with E-state index in [-0.39, 0.29) is 0 Å². The lowest BCUT2D eigenvalue weighted by molar-refractivity contribution is 0.921. The molecule has 7 rings (SSSR count). The van der Waals surface area contributed by atoms with Crippen LogP contribution >= 0.6 is 0 Å². The van der Waals surface area contributed by atoms with E-state index < -0.39 is 0 Å². The number of nitrogens with two attached hydrogens (primary N) is 1. The summed E-state index contributed by atoms with van der Waals surface area (Å²) in [6, 6.07) is 33.0. The Morgan fingerprint density at radius 1 is 0.744 bits per heavy atom. The van der Waals surface area contributed by atoms with Crippen molar-refractivity contribution in [2.45, 2.75) is 6.54 Å². The molecule has 7 nitrogen and oxygen atoms in total. The molecule has 39 heavy (non-hydrogen) atoms. The first-order valence-corrected chi connectivity index (χ1v) is 12.8. The maximum absolute atomic E-state index is 5.84. The number of aryl methyl sites for hydroxylation is 1. The highest BCUT2D eigenvalue weighted by molar-refractivity contribution is 5.98. The standard InChI is InChI=1S/C32H25N7/c1-38-20-34-29(30(38)24-10-6-3-7-11-24)32-37-36-31-26-18-25(22-8-4-2-5-9-22)28(35-27(26)16-17-39(31)32)23-14-12-21(19-33)13-15-23/h2-18,20H,19,33H2,1H3. The predicted octanol–water partition coefficient (Wildman–Crippen LogP) is 6.14. The second-order valence-electron chi connectivity index (χ2n) is 9.54. The van der Waals surface area contributed by atoms with Gasteiger partial charge in [0.15, 0.2) is 11.5 Å². The topological polar surface area (TPSA) is 86.9 Å². The summed E-state index contributed by atoms with van der Waals surface area (Å²) in [5.74, 6) is 0.689. The first-order valence-electron chi connectivity index (χ1n) is 12.8. The Hall–Kier alpha value is -5.14. The Labute approximate surface area is 225 Å². The molecule has 0 spiro atoms. The van der Waals surface area contributed by atoms with Gasteiger partial charge in [0.05, 0.1) is 23.2 Å². The summed E-state index contributed by atoms with van der Waals surface area (Å²) in [7, 11) is 2.00. The molecule has 0 saturated heterocycles. The first kappa shape index (κ1) is 23.0. The van der Waals surface area contributed by atoms with Gasteiger partial charge in [0.2, 0.25) is 0 Å². The Morgan fingerprint density at radius 2 is 1.46 bits per heavy atom. The maximum atomic E-state index is 5.84. The number of rotatable bonds is 5. The van der Waals surface area contributed by atoms with Crippen molar-refractivity contribution in [1.82, 2.24) is 29.1 Å². The molecule has 0 fully saturated rings. The van der Waals surface area contributed by atoms with Gasteiger partial charge in [0.1, 0.15) is 5.69 Å². The monoisotopic (exact) mass is 507 g/mol. The van der Waals surface area contributed by atoms with Crippen molar-refractivity contribution in [3.63, 3.8) is 0 Å². The van der Waals surface area contributed by atoms with Gasteiger partial charge in [-0.3, -0.25) is 4.40 Å². The summed E-state index contributed by atoms with van der Waals surface area (Å²) in [6.07, 6.45) is 3.80. The molecule has 188 valence electrons. The average molecular weight is 508 g/mol. The van der Waals surface area contributed by atoms with E-state index in [1.165, 1.54) is 0 Å². The number of fused-ring (bicyclic) bond motifs is 3. The average Bonchev–Trinajstić information content (AvgIpc) is 3.60. The quantitative estimate of drug-likeness (QED) is 0.303. The molecule has 0 amide bonds. The van der Waals surface area contributed by atoms with E-state index in [1.807, 2.05) is 71.0 Å². The van der Waals surface area contributed by atoms with E-state index in [4.69, 9.17) is 15.7 Å². The van der Waals surface area contributed by atoms with Crippen LogP contribution in [0.3, 0.4) is 0 Å². The number of hydrogen-bond acceptors (Lipinski definition) is 5. The summed E-state index contributed by atoms with van der Waals surface area (Å²) in [6.45, 7) is 0.506. The molecule has 0 unspecified atom stereocenters. The third-order valence-corrected chi connectivity index (χ3v) is 7.11. The number of nitrogens with zero attached hydrogens (tertiary/aromatic N) is 6. The Kier molecular flexibility index (Phi) is 5.49. The van der Waals surface area contributed by atoms with Crippen molar-refractivity contribution < 1.29 is 0 Å². The van der Waals surface area contributed by atoms with Gasteiger partial charge >= 0.3 is 0 Å². The zero-order valence-electron chi connectivity index (χ0n) is 21.4. The van der Waals surface area contributed by atoms with Crippen LogP contribution in [0.15, 0.2) is 110 Å². The van der Waals surface area contributed by atoms with Crippen molar-refractivity contribution in [3.8, 4) is 45.2 Å². The van der Waals surface area contributed by atoms with E-state index in [2.05, 4.69) is 64.8 Å². The van der Waals surface area contributed by atoms with Crippen molar-refractivity contribution >= 4 is 16.6 Å². The summed E-state index contributed by atoms with van der Waals surface area (Å²) in [5.41, 5.74) is 15.4. The molecule has 0 atom stereocenters. The lowest BCUT2D eigenvalue weighted by atomic mass is 9.97. The molecule has 3 aromatic carbocycles. The SMILES string of the molecule is Cn1cnc(-c2nnc3c4cc(-c5ccccc5)c(-c5ccc(CN)cc5)nc4ccn23)c1-c1ccccc1. The minimum absolute atomic E-state index is 0.506. The van der Waals surface area contributed by atoms with Crippen LogP contribution in [0, 0.1) is 0 Å². The van der Waals surface area contributed by atoms with Gasteiger partial charge in [-0.25, -0.2) is 9.97 Å². The molecule has 4 heterocycles. The van der Waals surface area contributed by atoms with E-state index >= 15 is 0 Å². The van der Waals surface area contributed by atoms with Crippen LogP contribution < -0.4 is 5.73 Å². The Bertz CT molecular complexity index is 1940.